The van der Waals surface area contributed by atoms with Gasteiger partial charge in [-0.05, 0) is 56.1 Å². The van der Waals surface area contributed by atoms with Crippen LogP contribution in [-0.4, -0.2) is 64.2 Å². The third kappa shape index (κ3) is 5.96. The number of alkyl halides is 3. The van der Waals surface area contributed by atoms with Gasteiger partial charge in [0.1, 0.15) is 5.82 Å². The lowest BCUT2D eigenvalue weighted by molar-refractivity contribution is -0.137. The minimum atomic E-state index is -4.50. The van der Waals surface area contributed by atoms with Crippen LogP contribution >= 0.6 is 0 Å². The Hall–Kier alpha value is -2.46. The SMILES string of the molecule is C[C@H](CO)CC1CCC(N2CC(NC(=O)CNc3nccc4ncc(C(F)(F)F)cc34)C2)CC1. The van der Waals surface area contributed by atoms with Crippen molar-refractivity contribution in [2.45, 2.75) is 57.3 Å². The predicted molar refractivity (Wildman–Crippen MR) is 123 cm³/mol. The number of aromatic nitrogens is 2. The van der Waals surface area contributed by atoms with Gasteiger partial charge in [0.2, 0.25) is 5.91 Å². The first-order valence-electron chi connectivity index (χ1n) is 11.9. The van der Waals surface area contributed by atoms with Crippen molar-refractivity contribution in [2.24, 2.45) is 11.8 Å². The molecular weight excluding hydrogens is 447 g/mol. The zero-order valence-corrected chi connectivity index (χ0v) is 19.3. The van der Waals surface area contributed by atoms with E-state index < -0.39 is 11.7 Å². The monoisotopic (exact) mass is 479 g/mol. The molecule has 2 aliphatic rings. The number of hydrogen-bond donors (Lipinski definition) is 3. The zero-order chi connectivity index (χ0) is 24.3. The molecule has 1 atom stereocenters. The van der Waals surface area contributed by atoms with E-state index in [1.165, 1.54) is 25.1 Å². The summed E-state index contributed by atoms with van der Waals surface area (Å²) < 4.78 is 39.1. The molecule has 1 saturated heterocycles. The molecule has 186 valence electrons. The minimum Gasteiger partial charge on any atom is -0.396 e. The average Bonchev–Trinajstić information content (AvgIpc) is 2.79. The molecule has 1 amide bonds. The third-order valence-electron chi connectivity index (χ3n) is 7.01. The van der Waals surface area contributed by atoms with Crippen LogP contribution in [0.4, 0.5) is 19.0 Å². The average molecular weight is 480 g/mol. The third-order valence-corrected chi connectivity index (χ3v) is 7.01. The van der Waals surface area contributed by atoms with Crippen LogP contribution in [-0.2, 0) is 11.0 Å². The molecule has 0 aromatic carbocycles. The van der Waals surface area contributed by atoms with Gasteiger partial charge in [0.25, 0.3) is 0 Å². The first kappa shape index (κ1) is 24.7. The fourth-order valence-electron chi connectivity index (χ4n) is 5.08. The number of aliphatic hydroxyl groups excluding tert-OH is 1. The van der Waals surface area contributed by atoms with Gasteiger partial charge in [-0.15, -0.1) is 0 Å². The molecule has 7 nitrogen and oxygen atoms in total. The second-order valence-electron chi connectivity index (χ2n) is 9.72. The van der Waals surface area contributed by atoms with E-state index in [0.29, 0.717) is 23.4 Å². The Bertz CT molecular complexity index is 988. The molecule has 0 bridgehead atoms. The molecule has 2 aromatic rings. The summed E-state index contributed by atoms with van der Waals surface area (Å²) in [4.78, 5) is 22.8. The van der Waals surface area contributed by atoms with Gasteiger partial charge in [0, 0.05) is 43.5 Å². The van der Waals surface area contributed by atoms with Crippen molar-refractivity contribution < 1.29 is 23.1 Å². The maximum Gasteiger partial charge on any atom is 0.417 e. The Morgan fingerprint density at radius 1 is 1.24 bits per heavy atom. The lowest BCUT2D eigenvalue weighted by atomic mass is 9.80. The molecule has 1 saturated carbocycles. The fraction of sp³-hybridized carbons (Fsp3) is 0.625. The van der Waals surface area contributed by atoms with E-state index in [0.717, 1.165) is 44.6 Å². The standard InChI is InChI=1S/C24H32F3N5O2/c1-15(14-33)8-16-2-4-19(5-3-16)32-12-18(13-32)31-22(34)11-30-23-20-9-17(24(25,26)27)10-29-21(20)6-7-28-23/h6-7,9-10,15-16,18-19,33H,2-5,8,11-14H2,1H3,(H,28,30)(H,31,34)/t15-,16?,19?/m0/s1. The van der Waals surface area contributed by atoms with Crippen LogP contribution in [0, 0.1) is 11.8 Å². The van der Waals surface area contributed by atoms with E-state index in [9.17, 15) is 23.1 Å². The van der Waals surface area contributed by atoms with Crippen LogP contribution in [0.15, 0.2) is 24.5 Å². The van der Waals surface area contributed by atoms with Gasteiger partial charge in [-0.1, -0.05) is 6.92 Å². The molecule has 34 heavy (non-hydrogen) atoms. The molecule has 4 rings (SSSR count). The Balaban J connectivity index is 1.22. The van der Waals surface area contributed by atoms with Gasteiger partial charge in [-0.25, -0.2) is 4.98 Å². The summed E-state index contributed by atoms with van der Waals surface area (Å²) in [6, 6.07) is 3.17. The second kappa shape index (κ2) is 10.4. The molecule has 1 aliphatic heterocycles. The highest BCUT2D eigenvalue weighted by Crippen LogP contribution is 2.34. The van der Waals surface area contributed by atoms with E-state index in [-0.39, 0.29) is 36.3 Å². The van der Waals surface area contributed by atoms with Crippen molar-refractivity contribution in [3.63, 3.8) is 0 Å². The zero-order valence-electron chi connectivity index (χ0n) is 19.3. The second-order valence-corrected chi connectivity index (χ2v) is 9.72. The topological polar surface area (TPSA) is 90.4 Å². The van der Waals surface area contributed by atoms with Crippen molar-refractivity contribution >= 4 is 22.6 Å². The van der Waals surface area contributed by atoms with Crippen LogP contribution in [0.25, 0.3) is 10.9 Å². The number of halogens is 3. The smallest absolute Gasteiger partial charge is 0.396 e. The number of amides is 1. The summed E-state index contributed by atoms with van der Waals surface area (Å²) in [7, 11) is 0. The highest BCUT2D eigenvalue weighted by Gasteiger charge is 2.35. The van der Waals surface area contributed by atoms with Crippen molar-refractivity contribution in [2.75, 3.05) is 31.6 Å². The van der Waals surface area contributed by atoms with E-state index in [2.05, 4.69) is 32.4 Å². The van der Waals surface area contributed by atoms with Gasteiger partial charge in [0.05, 0.1) is 23.7 Å². The van der Waals surface area contributed by atoms with Crippen LogP contribution in [0.1, 0.15) is 44.6 Å². The first-order chi connectivity index (χ1) is 16.2. The number of nitrogens with one attached hydrogen (secondary N) is 2. The molecule has 2 fully saturated rings. The van der Waals surface area contributed by atoms with Gasteiger partial charge in [-0.2, -0.15) is 13.2 Å². The van der Waals surface area contributed by atoms with Crippen molar-refractivity contribution in [1.29, 1.82) is 0 Å². The number of fused-ring (bicyclic) bond motifs is 1. The van der Waals surface area contributed by atoms with Crippen LogP contribution in [0.3, 0.4) is 0 Å². The molecular formula is C24H32F3N5O2. The minimum absolute atomic E-state index is 0.0764. The quantitative estimate of drug-likeness (QED) is 0.538. The summed E-state index contributed by atoms with van der Waals surface area (Å²) in [6.45, 7) is 3.91. The number of carbonyl (C=O) groups excluding carboxylic acids is 1. The van der Waals surface area contributed by atoms with Gasteiger partial charge < -0.3 is 15.7 Å². The maximum absolute atomic E-state index is 13.0. The van der Waals surface area contributed by atoms with Gasteiger partial charge in [0.15, 0.2) is 0 Å². The van der Waals surface area contributed by atoms with Crippen molar-refractivity contribution in [3.8, 4) is 0 Å². The molecule has 0 unspecified atom stereocenters. The number of aliphatic hydroxyl groups is 1. The largest absolute Gasteiger partial charge is 0.417 e. The summed E-state index contributed by atoms with van der Waals surface area (Å²) in [5.41, 5.74) is -0.479. The molecule has 0 radical (unpaired) electrons. The molecule has 3 heterocycles. The van der Waals surface area contributed by atoms with E-state index >= 15 is 0 Å². The Labute approximate surface area is 197 Å². The number of carbonyl (C=O) groups is 1. The predicted octanol–water partition coefficient (Wildman–Crippen LogP) is 3.44. The van der Waals surface area contributed by atoms with Gasteiger partial charge in [-0.3, -0.25) is 14.7 Å². The lowest BCUT2D eigenvalue weighted by Gasteiger charge is -2.47. The van der Waals surface area contributed by atoms with Crippen molar-refractivity contribution in [3.05, 3.63) is 30.1 Å². The Morgan fingerprint density at radius 2 is 1.97 bits per heavy atom. The number of nitrogens with zero attached hydrogens (tertiary/aromatic N) is 3. The molecule has 2 aromatic heterocycles. The van der Waals surface area contributed by atoms with E-state index in [1.807, 2.05) is 0 Å². The summed E-state index contributed by atoms with van der Waals surface area (Å²) in [6.07, 6.45) is 3.53. The molecule has 0 spiro atoms. The summed E-state index contributed by atoms with van der Waals surface area (Å²) in [5, 5.41) is 15.3. The van der Waals surface area contributed by atoms with Crippen LogP contribution in [0.5, 0.6) is 0 Å². The summed E-state index contributed by atoms with van der Waals surface area (Å²) >= 11 is 0. The normalized spacial score (nSPS) is 22.9. The van der Waals surface area contributed by atoms with Gasteiger partial charge >= 0.3 is 6.18 Å². The lowest BCUT2D eigenvalue weighted by Crippen LogP contribution is -2.63. The number of rotatable bonds is 8. The van der Waals surface area contributed by atoms with E-state index in [4.69, 9.17) is 0 Å². The highest BCUT2D eigenvalue weighted by molar-refractivity contribution is 5.91. The van der Waals surface area contributed by atoms with Crippen molar-refractivity contribution in [1.82, 2.24) is 20.2 Å². The van der Waals surface area contributed by atoms with E-state index in [1.54, 1.807) is 0 Å². The molecule has 3 N–H and O–H groups in total. The summed E-state index contributed by atoms with van der Waals surface area (Å²) in [5.74, 6) is 1.05. The highest BCUT2D eigenvalue weighted by atomic mass is 19.4. The van der Waals surface area contributed by atoms with Crippen LogP contribution < -0.4 is 10.6 Å². The molecule has 1 aliphatic carbocycles. The first-order valence-corrected chi connectivity index (χ1v) is 11.9. The number of likely N-dealkylation sites (tertiary alicyclic amines) is 1. The fourth-order valence-corrected chi connectivity index (χ4v) is 5.08. The molecule has 10 heteroatoms. The number of pyridine rings is 2. The Kier molecular flexibility index (Phi) is 7.57. The maximum atomic E-state index is 13.0. The number of hydrogen-bond acceptors (Lipinski definition) is 6. The Morgan fingerprint density at radius 3 is 2.65 bits per heavy atom. The number of anilines is 1. The van der Waals surface area contributed by atoms with Crippen LogP contribution in [0.2, 0.25) is 0 Å².